The van der Waals surface area contributed by atoms with Gasteiger partial charge in [0.2, 0.25) is 11.2 Å². The van der Waals surface area contributed by atoms with Crippen molar-refractivity contribution >= 4 is 23.3 Å². The molecule has 2 heterocycles. The zero-order valence-corrected chi connectivity index (χ0v) is 11.3. The molecule has 6 heteroatoms. The van der Waals surface area contributed by atoms with E-state index in [0.717, 1.165) is 31.2 Å². The number of aromatic nitrogens is 2. The normalized spacial score (nSPS) is 27.3. The van der Waals surface area contributed by atoms with E-state index in [-0.39, 0.29) is 23.3 Å². The van der Waals surface area contributed by atoms with Gasteiger partial charge < -0.3 is 5.11 Å². The summed E-state index contributed by atoms with van der Waals surface area (Å²) in [7, 11) is 0. The number of halogens is 1. The SMILES string of the molecule is O=C1Cc2cnc(Cl)nc2N1C1CCCCC(O)C1. The number of hydrogen-bond acceptors (Lipinski definition) is 4. The highest BCUT2D eigenvalue weighted by Gasteiger charge is 2.36. The van der Waals surface area contributed by atoms with Gasteiger partial charge in [0.1, 0.15) is 5.82 Å². The van der Waals surface area contributed by atoms with Crippen LogP contribution in [0, 0.1) is 0 Å². The molecule has 1 aliphatic carbocycles. The molecule has 2 aliphatic rings. The molecule has 1 aliphatic heterocycles. The van der Waals surface area contributed by atoms with Gasteiger partial charge in [-0.3, -0.25) is 9.69 Å². The molecule has 3 rings (SSSR count). The second-order valence-electron chi connectivity index (χ2n) is 5.26. The zero-order valence-electron chi connectivity index (χ0n) is 10.5. The average molecular weight is 282 g/mol. The number of fused-ring (bicyclic) bond motifs is 1. The summed E-state index contributed by atoms with van der Waals surface area (Å²) >= 11 is 5.83. The highest BCUT2D eigenvalue weighted by atomic mass is 35.5. The predicted octanol–water partition coefficient (Wildman–Crippen LogP) is 1.71. The van der Waals surface area contributed by atoms with Crippen LogP contribution < -0.4 is 4.90 Å². The number of nitrogens with zero attached hydrogens (tertiary/aromatic N) is 3. The van der Waals surface area contributed by atoms with E-state index in [1.807, 2.05) is 0 Å². The van der Waals surface area contributed by atoms with Gasteiger partial charge in [0, 0.05) is 17.8 Å². The van der Waals surface area contributed by atoms with Crippen LogP contribution in [-0.4, -0.2) is 33.1 Å². The first-order valence-corrected chi connectivity index (χ1v) is 7.04. The lowest BCUT2D eigenvalue weighted by molar-refractivity contribution is -0.117. The molecule has 1 N–H and O–H groups in total. The van der Waals surface area contributed by atoms with Crippen molar-refractivity contribution in [2.75, 3.05) is 4.90 Å². The first-order chi connectivity index (χ1) is 9.15. The maximum atomic E-state index is 12.2. The van der Waals surface area contributed by atoms with Crippen molar-refractivity contribution < 1.29 is 9.90 Å². The molecule has 1 saturated carbocycles. The summed E-state index contributed by atoms with van der Waals surface area (Å²) < 4.78 is 0. The van der Waals surface area contributed by atoms with E-state index < -0.39 is 0 Å². The topological polar surface area (TPSA) is 66.3 Å². The minimum Gasteiger partial charge on any atom is -0.393 e. The van der Waals surface area contributed by atoms with Gasteiger partial charge in [-0.1, -0.05) is 12.8 Å². The molecule has 0 spiro atoms. The number of amides is 1. The highest BCUT2D eigenvalue weighted by molar-refractivity contribution is 6.28. The average Bonchev–Trinajstić information content (AvgIpc) is 2.54. The lowest BCUT2D eigenvalue weighted by atomic mass is 10.1. The van der Waals surface area contributed by atoms with Gasteiger partial charge in [0.25, 0.3) is 0 Å². The minimum atomic E-state index is -0.332. The molecule has 1 fully saturated rings. The van der Waals surface area contributed by atoms with Crippen LogP contribution in [-0.2, 0) is 11.2 Å². The number of rotatable bonds is 1. The van der Waals surface area contributed by atoms with Crippen LogP contribution in [0.3, 0.4) is 0 Å². The van der Waals surface area contributed by atoms with Crippen LogP contribution in [0.25, 0.3) is 0 Å². The van der Waals surface area contributed by atoms with E-state index in [2.05, 4.69) is 9.97 Å². The first-order valence-electron chi connectivity index (χ1n) is 6.66. The fraction of sp³-hybridized carbons (Fsp3) is 0.615. The molecule has 2 unspecified atom stereocenters. The molecular weight excluding hydrogens is 266 g/mol. The smallest absolute Gasteiger partial charge is 0.233 e. The van der Waals surface area contributed by atoms with Crippen LogP contribution in [0.4, 0.5) is 5.82 Å². The van der Waals surface area contributed by atoms with Gasteiger partial charge in [0.15, 0.2) is 0 Å². The third-order valence-corrected chi connectivity index (χ3v) is 4.07. The Morgan fingerprint density at radius 1 is 1.37 bits per heavy atom. The van der Waals surface area contributed by atoms with E-state index in [1.54, 1.807) is 11.1 Å². The van der Waals surface area contributed by atoms with Gasteiger partial charge >= 0.3 is 0 Å². The number of carbonyl (C=O) groups excluding carboxylic acids is 1. The fourth-order valence-corrected chi connectivity index (χ4v) is 3.13. The maximum Gasteiger partial charge on any atom is 0.233 e. The van der Waals surface area contributed by atoms with Gasteiger partial charge in [-0.25, -0.2) is 4.98 Å². The Morgan fingerprint density at radius 3 is 3.00 bits per heavy atom. The minimum absolute atomic E-state index is 0.0252. The lowest BCUT2D eigenvalue weighted by Gasteiger charge is -2.27. The molecule has 5 nitrogen and oxygen atoms in total. The summed E-state index contributed by atoms with van der Waals surface area (Å²) in [6, 6.07) is 0.0252. The second kappa shape index (κ2) is 5.06. The van der Waals surface area contributed by atoms with Gasteiger partial charge in [-0.15, -0.1) is 0 Å². The predicted molar refractivity (Wildman–Crippen MR) is 71.1 cm³/mol. The Bertz CT molecular complexity index is 509. The van der Waals surface area contributed by atoms with Crippen molar-refractivity contribution in [3.05, 3.63) is 17.0 Å². The van der Waals surface area contributed by atoms with Crippen molar-refractivity contribution in [3.63, 3.8) is 0 Å². The number of anilines is 1. The molecule has 1 aromatic rings. The van der Waals surface area contributed by atoms with Crippen LogP contribution >= 0.6 is 11.6 Å². The summed E-state index contributed by atoms with van der Waals surface area (Å²) in [4.78, 5) is 22.0. The van der Waals surface area contributed by atoms with Gasteiger partial charge in [-0.05, 0) is 30.9 Å². The third kappa shape index (κ3) is 2.44. The summed E-state index contributed by atoms with van der Waals surface area (Å²) in [5, 5.41) is 10.1. The molecule has 0 bridgehead atoms. The van der Waals surface area contributed by atoms with Crippen molar-refractivity contribution in [3.8, 4) is 0 Å². The Morgan fingerprint density at radius 2 is 2.16 bits per heavy atom. The molecule has 102 valence electrons. The largest absolute Gasteiger partial charge is 0.393 e. The quantitative estimate of drug-likeness (QED) is 0.629. The lowest BCUT2D eigenvalue weighted by Crippen LogP contribution is -2.39. The van der Waals surface area contributed by atoms with Crippen molar-refractivity contribution in [2.24, 2.45) is 0 Å². The number of aliphatic hydroxyl groups is 1. The van der Waals surface area contributed by atoms with Crippen LogP contribution in [0.5, 0.6) is 0 Å². The van der Waals surface area contributed by atoms with E-state index in [4.69, 9.17) is 11.6 Å². The monoisotopic (exact) mass is 281 g/mol. The molecule has 2 atom stereocenters. The maximum absolute atomic E-state index is 12.2. The molecule has 1 amide bonds. The molecule has 0 radical (unpaired) electrons. The van der Waals surface area contributed by atoms with E-state index in [9.17, 15) is 9.90 Å². The number of aliphatic hydroxyl groups excluding tert-OH is 1. The second-order valence-corrected chi connectivity index (χ2v) is 5.59. The van der Waals surface area contributed by atoms with Crippen LogP contribution in [0.2, 0.25) is 5.28 Å². The Hall–Kier alpha value is -1.20. The summed E-state index contributed by atoms with van der Waals surface area (Å²) in [5.41, 5.74) is 0.827. The van der Waals surface area contributed by atoms with Gasteiger partial charge in [-0.2, -0.15) is 4.98 Å². The van der Waals surface area contributed by atoms with E-state index in [0.29, 0.717) is 18.7 Å². The van der Waals surface area contributed by atoms with Crippen molar-refractivity contribution in [2.45, 2.75) is 50.7 Å². The van der Waals surface area contributed by atoms with Crippen molar-refractivity contribution in [1.29, 1.82) is 0 Å². The molecular formula is C13H16ClN3O2. The highest BCUT2D eigenvalue weighted by Crippen LogP contribution is 2.33. The van der Waals surface area contributed by atoms with Crippen LogP contribution in [0.15, 0.2) is 6.20 Å². The number of hydrogen-bond donors (Lipinski definition) is 1. The van der Waals surface area contributed by atoms with E-state index >= 15 is 0 Å². The molecule has 19 heavy (non-hydrogen) atoms. The molecule has 1 aromatic heterocycles. The Balaban J connectivity index is 1.92. The van der Waals surface area contributed by atoms with Crippen LogP contribution in [0.1, 0.15) is 37.7 Å². The van der Waals surface area contributed by atoms with Gasteiger partial charge in [0.05, 0.1) is 12.5 Å². The summed E-state index contributed by atoms with van der Waals surface area (Å²) in [6.45, 7) is 0. The standard InChI is InChI=1S/C13H16ClN3O2/c14-13-15-7-8-5-11(19)17(12(8)16-13)9-3-1-2-4-10(18)6-9/h7,9-10,18H,1-6H2. The third-order valence-electron chi connectivity index (χ3n) is 3.88. The summed E-state index contributed by atoms with van der Waals surface area (Å²) in [5.74, 6) is 0.662. The first kappa shape index (κ1) is 12.8. The molecule has 0 aromatic carbocycles. The summed E-state index contributed by atoms with van der Waals surface area (Å²) in [6.07, 6.45) is 6.00. The number of carbonyl (C=O) groups is 1. The van der Waals surface area contributed by atoms with Crippen molar-refractivity contribution in [1.82, 2.24) is 9.97 Å². The van der Waals surface area contributed by atoms with E-state index in [1.165, 1.54) is 0 Å². The zero-order chi connectivity index (χ0) is 13.4. The fourth-order valence-electron chi connectivity index (χ4n) is 3.00. The Kier molecular flexibility index (Phi) is 3.41. The molecule has 0 saturated heterocycles. The Labute approximate surface area is 116 Å².